The molecule has 1 N–H and O–H groups in total. The topological polar surface area (TPSA) is 55.4 Å². The molecule has 0 radical (unpaired) electrons. The van der Waals surface area contributed by atoms with Crippen LogP contribution in [0.3, 0.4) is 0 Å². The van der Waals surface area contributed by atoms with E-state index in [1.165, 1.54) is 25.7 Å². The minimum atomic E-state index is -0.377. The fourth-order valence-corrected chi connectivity index (χ4v) is 5.21. The maximum absolute atomic E-state index is 13.7. The summed E-state index contributed by atoms with van der Waals surface area (Å²) in [6.45, 7) is 9.44. The number of nitrogens with zero attached hydrogens (tertiary/aromatic N) is 1. The molecule has 1 aromatic rings. The molecule has 2 aliphatic rings. The Morgan fingerprint density at radius 2 is 1.75 bits per heavy atom. The Bertz CT molecular complexity index is 717. The van der Waals surface area contributed by atoms with Crippen LogP contribution in [0.25, 0.3) is 0 Å². The van der Waals surface area contributed by atoms with Crippen LogP contribution in [0.1, 0.15) is 74.7 Å². The predicted molar refractivity (Wildman–Crippen MR) is 111 cm³/mol. The summed E-state index contributed by atoms with van der Waals surface area (Å²) in [5.41, 5.74) is 1.60. The standard InChI is InChI=1S/C23H34N2O3/c1-4-25(16-8-6-7-9-17-25)23(14-11-15-23)22(27)24-20-18(3)12-10-13-19(20)21(26)28-5-2/h10,12-13H,4-9,11,14-17H2,1-3H3/p+1. The van der Waals surface area contributed by atoms with Gasteiger partial charge in [0.2, 0.25) is 0 Å². The number of likely N-dealkylation sites (tertiary alicyclic amines) is 1. The van der Waals surface area contributed by atoms with E-state index in [2.05, 4.69) is 12.2 Å². The normalized spacial score (nSPS) is 20.5. The molecule has 1 saturated heterocycles. The van der Waals surface area contributed by atoms with Crippen molar-refractivity contribution in [2.24, 2.45) is 0 Å². The van der Waals surface area contributed by atoms with E-state index in [-0.39, 0.29) is 17.4 Å². The molecule has 0 spiro atoms. The molecule has 1 saturated carbocycles. The number of rotatable bonds is 6. The fourth-order valence-electron chi connectivity index (χ4n) is 5.21. The van der Waals surface area contributed by atoms with Gasteiger partial charge in [-0.15, -0.1) is 0 Å². The summed E-state index contributed by atoms with van der Waals surface area (Å²) in [5.74, 6) is -0.291. The smallest absolute Gasteiger partial charge is 0.340 e. The molecule has 5 nitrogen and oxygen atoms in total. The van der Waals surface area contributed by atoms with Crippen molar-refractivity contribution in [3.05, 3.63) is 29.3 Å². The number of amides is 1. The van der Waals surface area contributed by atoms with Crippen LogP contribution in [-0.2, 0) is 9.53 Å². The Balaban J connectivity index is 1.92. The molecule has 154 valence electrons. The van der Waals surface area contributed by atoms with Crippen molar-refractivity contribution in [2.45, 2.75) is 71.3 Å². The van der Waals surface area contributed by atoms with E-state index in [1.54, 1.807) is 13.0 Å². The van der Waals surface area contributed by atoms with Crippen molar-refractivity contribution >= 4 is 17.6 Å². The first-order valence-electron chi connectivity index (χ1n) is 10.9. The van der Waals surface area contributed by atoms with E-state index in [1.807, 2.05) is 19.1 Å². The van der Waals surface area contributed by atoms with Gasteiger partial charge in [0.25, 0.3) is 5.91 Å². The van der Waals surface area contributed by atoms with Crippen LogP contribution < -0.4 is 5.32 Å². The van der Waals surface area contributed by atoms with Crippen LogP contribution in [0.5, 0.6) is 0 Å². The van der Waals surface area contributed by atoms with Gasteiger partial charge in [0.15, 0.2) is 5.54 Å². The van der Waals surface area contributed by atoms with Crippen LogP contribution >= 0.6 is 0 Å². The van der Waals surface area contributed by atoms with E-state index in [0.29, 0.717) is 17.9 Å². The van der Waals surface area contributed by atoms with Gasteiger partial charge in [-0.25, -0.2) is 4.79 Å². The van der Waals surface area contributed by atoms with Crippen molar-refractivity contribution in [3.8, 4) is 0 Å². The van der Waals surface area contributed by atoms with E-state index in [0.717, 1.165) is 48.9 Å². The number of hydrogen-bond acceptors (Lipinski definition) is 3. The lowest BCUT2D eigenvalue weighted by Crippen LogP contribution is -2.72. The van der Waals surface area contributed by atoms with Crippen LogP contribution in [0.15, 0.2) is 18.2 Å². The van der Waals surface area contributed by atoms with Gasteiger partial charge in [-0.3, -0.25) is 4.79 Å². The number of carbonyl (C=O) groups excluding carboxylic acids is 2. The van der Waals surface area contributed by atoms with Crippen molar-refractivity contribution in [2.75, 3.05) is 31.6 Å². The van der Waals surface area contributed by atoms with Gasteiger partial charge in [0, 0.05) is 12.8 Å². The molecule has 1 heterocycles. The summed E-state index contributed by atoms with van der Waals surface area (Å²) in [7, 11) is 0. The summed E-state index contributed by atoms with van der Waals surface area (Å²) in [5, 5.41) is 3.18. The minimum Gasteiger partial charge on any atom is -0.462 e. The van der Waals surface area contributed by atoms with Crippen molar-refractivity contribution in [3.63, 3.8) is 0 Å². The summed E-state index contributed by atoms with van der Waals surface area (Å²) in [6.07, 6.45) is 7.90. The minimum absolute atomic E-state index is 0.0855. The lowest BCUT2D eigenvalue weighted by atomic mass is 9.72. The Kier molecular flexibility index (Phi) is 6.43. The molecule has 1 aliphatic carbocycles. The molecule has 2 fully saturated rings. The first-order valence-corrected chi connectivity index (χ1v) is 10.9. The summed E-state index contributed by atoms with van der Waals surface area (Å²) >= 11 is 0. The maximum atomic E-state index is 13.7. The Morgan fingerprint density at radius 1 is 1.07 bits per heavy atom. The zero-order chi connectivity index (χ0) is 20.2. The molecule has 5 heteroatoms. The lowest BCUT2D eigenvalue weighted by molar-refractivity contribution is -0.970. The van der Waals surface area contributed by atoms with Gasteiger partial charge >= 0.3 is 5.97 Å². The molecule has 1 aromatic carbocycles. The highest BCUT2D eigenvalue weighted by Gasteiger charge is 2.59. The van der Waals surface area contributed by atoms with Crippen molar-refractivity contribution < 1.29 is 18.8 Å². The monoisotopic (exact) mass is 387 g/mol. The van der Waals surface area contributed by atoms with Crippen LogP contribution in [0.2, 0.25) is 0 Å². The van der Waals surface area contributed by atoms with Gasteiger partial charge in [-0.1, -0.05) is 12.1 Å². The van der Waals surface area contributed by atoms with Gasteiger partial charge in [0.05, 0.1) is 37.5 Å². The summed E-state index contributed by atoms with van der Waals surface area (Å²) in [6, 6.07) is 5.51. The van der Waals surface area contributed by atoms with Crippen LogP contribution in [-0.4, -0.2) is 48.1 Å². The number of carbonyl (C=O) groups is 2. The molecule has 0 atom stereocenters. The number of esters is 1. The Hall–Kier alpha value is -1.88. The molecule has 0 unspecified atom stereocenters. The number of nitrogens with one attached hydrogen (secondary N) is 1. The molecule has 28 heavy (non-hydrogen) atoms. The third-order valence-electron chi connectivity index (χ3n) is 7.05. The second-order valence-electron chi connectivity index (χ2n) is 8.38. The van der Waals surface area contributed by atoms with Crippen molar-refractivity contribution in [1.82, 2.24) is 0 Å². The third-order valence-corrected chi connectivity index (χ3v) is 7.05. The highest BCUT2D eigenvalue weighted by atomic mass is 16.5. The second-order valence-corrected chi connectivity index (χ2v) is 8.38. The zero-order valence-electron chi connectivity index (χ0n) is 17.7. The van der Waals surface area contributed by atoms with E-state index in [4.69, 9.17) is 4.74 Å². The molecule has 0 aromatic heterocycles. The van der Waals surface area contributed by atoms with Crippen LogP contribution in [0.4, 0.5) is 5.69 Å². The largest absolute Gasteiger partial charge is 0.462 e. The van der Waals surface area contributed by atoms with Gasteiger partial charge < -0.3 is 14.5 Å². The maximum Gasteiger partial charge on any atom is 0.340 e. The molecule has 3 rings (SSSR count). The number of benzene rings is 1. The Morgan fingerprint density at radius 3 is 2.29 bits per heavy atom. The average Bonchev–Trinajstić information content (AvgIpc) is 2.89. The number of likely N-dealkylation sites (N-methyl/N-ethyl adjacent to an activating group) is 1. The van der Waals surface area contributed by atoms with Crippen LogP contribution in [0, 0.1) is 6.92 Å². The fraction of sp³-hybridized carbons (Fsp3) is 0.652. The number of anilines is 1. The highest BCUT2D eigenvalue weighted by Crippen LogP contribution is 2.45. The third kappa shape index (κ3) is 3.57. The van der Waals surface area contributed by atoms with Crippen molar-refractivity contribution in [1.29, 1.82) is 0 Å². The predicted octanol–water partition coefficient (Wildman–Crippen LogP) is 4.44. The summed E-state index contributed by atoms with van der Waals surface area (Å²) in [4.78, 5) is 26.1. The SMILES string of the molecule is CCOC(=O)c1cccc(C)c1NC(=O)C1([N+]2(CC)CCCCCC2)CCC1. The Labute approximate surface area is 169 Å². The molecule has 1 amide bonds. The molecular formula is C23H35N2O3+. The van der Waals surface area contributed by atoms with E-state index in [9.17, 15) is 9.59 Å². The van der Waals surface area contributed by atoms with E-state index >= 15 is 0 Å². The van der Waals surface area contributed by atoms with Gasteiger partial charge in [0.1, 0.15) is 0 Å². The lowest BCUT2D eigenvalue weighted by Gasteiger charge is -2.56. The number of aryl methyl sites for hydroxylation is 1. The van der Waals surface area contributed by atoms with E-state index < -0.39 is 0 Å². The quantitative estimate of drug-likeness (QED) is 0.580. The van der Waals surface area contributed by atoms with Gasteiger partial charge in [-0.05, 0) is 64.5 Å². The second kappa shape index (κ2) is 8.64. The molecular weight excluding hydrogens is 352 g/mol. The number of hydrogen-bond donors (Lipinski definition) is 1. The molecule has 1 aliphatic heterocycles. The highest BCUT2D eigenvalue weighted by molar-refractivity contribution is 6.05. The summed E-state index contributed by atoms with van der Waals surface area (Å²) < 4.78 is 6.11. The average molecular weight is 388 g/mol. The first-order chi connectivity index (χ1) is 13.5. The zero-order valence-corrected chi connectivity index (χ0v) is 17.7. The number of quaternary nitrogens is 1. The first kappa shape index (κ1) is 20.8. The van der Waals surface area contributed by atoms with Gasteiger partial charge in [-0.2, -0.15) is 0 Å². The number of para-hydroxylation sites is 1. The molecule has 0 bridgehead atoms. The number of ether oxygens (including phenoxy) is 1.